The van der Waals surface area contributed by atoms with Gasteiger partial charge in [-0.05, 0) is 0 Å². The fourth-order valence-corrected chi connectivity index (χ4v) is 1.60. The fraction of sp³-hybridized carbons (Fsp3) is 0.714. The van der Waals surface area contributed by atoms with Gasteiger partial charge in [0.1, 0.15) is 6.04 Å². The van der Waals surface area contributed by atoms with Crippen molar-refractivity contribution < 1.29 is 25.1 Å². The Balaban J connectivity index is 2.52. The maximum Gasteiger partial charge on any atom is 0.303 e. The van der Waals surface area contributed by atoms with Crippen molar-refractivity contribution in [2.24, 2.45) is 5.92 Å². The van der Waals surface area contributed by atoms with E-state index in [2.05, 4.69) is 0 Å². The summed E-state index contributed by atoms with van der Waals surface area (Å²) in [6, 6.07) is -0.666. The summed E-state index contributed by atoms with van der Waals surface area (Å²) in [6.45, 7) is 0.677. The fourth-order valence-electron chi connectivity index (χ4n) is 1.60. The molecule has 1 heterocycles. The van der Waals surface area contributed by atoms with Gasteiger partial charge in [0.2, 0.25) is 0 Å². The number of aliphatic carboxylic acids is 2. The smallest absolute Gasteiger partial charge is 0.303 e. The third-order valence-electron chi connectivity index (χ3n) is 2.17. The molecule has 1 aliphatic heterocycles. The third kappa shape index (κ3) is 1.94. The Bertz CT molecular complexity index is 204. The van der Waals surface area contributed by atoms with Gasteiger partial charge < -0.3 is 20.3 Å². The average Bonchev–Trinajstić information content (AvgIpc) is 2.33. The van der Waals surface area contributed by atoms with Gasteiger partial charge in [0.15, 0.2) is 0 Å². The molecule has 3 N–H and O–H groups in total. The maximum absolute atomic E-state index is 10.5. The predicted octanol–water partition coefficient (Wildman–Crippen LogP) is -2.84. The highest BCUT2D eigenvalue weighted by Gasteiger charge is 2.33. The zero-order valence-electron chi connectivity index (χ0n) is 6.53. The van der Waals surface area contributed by atoms with Gasteiger partial charge in [-0.1, -0.05) is 0 Å². The molecule has 0 aliphatic carbocycles. The van der Waals surface area contributed by atoms with E-state index in [9.17, 15) is 14.7 Å². The van der Waals surface area contributed by atoms with Crippen molar-refractivity contribution >= 4 is 11.9 Å². The molecule has 0 aromatic heterocycles. The minimum atomic E-state index is -1.15. The van der Waals surface area contributed by atoms with Gasteiger partial charge in [-0.2, -0.15) is 0 Å². The molecule has 2 atom stereocenters. The Morgan fingerprint density at radius 2 is 2.25 bits per heavy atom. The first kappa shape index (κ1) is 8.99. The van der Waals surface area contributed by atoms with E-state index in [1.54, 1.807) is 5.32 Å². The van der Waals surface area contributed by atoms with E-state index in [0.717, 1.165) is 0 Å². The molecule has 0 amide bonds. The molecule has 0 aromatic carbocycles. The molecule has 12 heavy (non-hydrogen) atoms. The Hall–Kier alpha value is -1.10. The van der Waals surface area contributed by atoms with E-state index in [1.807, 2.05) is 0 Å². The highest BCUT2D eigenvalue weighted by molar-refractivity contribution is 5.73. The molecular formula is C7H11NO4. The zero-order valence-corrected chi connectivity index (χ0v) is 6.53. The normalized spacial score (nSPS) is 28.7. The van der Waals surface area contributed by atoms with Crippen molar-refractivity contribution in [2.75, 3.05) is 6.54 Å². The lowest BCUT2D eigenvalue weighted by Gasteiger charge is -2.14. The quantitative estimate of drug-likeness (QED) is 0.480. The van der Waals surface area contributed by atoms with E-state index < -0.39 is 18.0 Å². The van der Waals surface area contributed by atoms with Crippen LogP contribution < -0.4 is 10.4 Å². The van der Waals surface area contributed by atoms with Gasteiger partial charge in [-0.3, -0.25) is 4.79 Å². The van der Waals surface area contributed by atoms with E-state index in [-0.39, 0.29) is 12.3 Å². The minimum Gasteiger partial charge on any atom is -0.544 e. The van der Waals surface area contributed by atoms with Crippen LogP contribution in [0, 0.1) is 5.92 Å². The topological polar surface area (TPSA) is 94.0 Å². The number of carboxylic acids is 2. The number of carbonyl (C=O) groups excluding carboxylic acids is 1. The number of hydrogen-bond acceptors (Lipinski definition) is 3. The van der Waals surface area contributed by atoms with Crippen molar-refractivity contribution in [3.05, 3.63) is 0 Å². The summed E-state index contributed by atoms with van der Waals surface area (Å²) in [5.74, 6) is -2.37. The molecule has 1 saturated heterocycles. The summed E-state index contributed by atoms with van der Waals surface area (Å²) < 4.78 is 0. The second-order valence-electron chi connectivity index (χ2n) is 3.02. The highest BCUT2D eigenvalue weighted by Crippen LogP contribution is 2.13. The number of rotatable bonds is 3. The number of quaternary nitrogens is 1. The number of carbonyl (C=O) groups is 2. The highest BCUT2D eigenvalue weighted by atomic mass is 16.4. The van der Waals surface area contributed by atoms with Crippen LogP contribution in [0.2, 0.25) is 0 Å². The number of carboxylic acid groups (broad SMARTS) is 2. The van der Waals surface area contributed by atoms with Crippen LogP contribution in [0.3, 0.4) is 0 Å². The monoisotopic (exact) mass is 173 g/mol. The molecule has 0 aromatic rings. The van der Waals surface area contributed by atoms with E-state index in [0.29, 0.717) is 13.0 Å². The molecule has 1 fully saturated rings. The molecule has 5 nitrogen and oxygen atoms in total. The SMILES string of the molecule is O=C(O)C[C@H]1CC[NH2+][C@@H]1C(=O)[O-]. The van der Waals surface area contributed by atoms with Gasteiger partial charge >= 0.3 is 5.97 Å². The molecule has 0 unspecified atom stereocenters. The van der Waals surface area contributed by atoms with E-state index in [4.69, 9.17) is 5.11 Å². The lowest BCUT2D eigenvalue weighted by molar-refractivity contribution is -0.667. The van der Waals surface area contributed by atoms with Gasteiger partial charge in [0, 0.05) is 12.3 Å². The average molecular weight is 173 g/mol. The summed E-state index contributed by atoms with van der Waals surface area (Å²) >= 11 is 0. The largest absolute Gasteiger partial charge is 0.544 e. The van der Waals surface area contributed by atoms with Crippen molar-refractivity contribution in [1.82, 2.24) is 0 Å². The van der Waals surface area contributed by atoms with Crippen LogP contribution >= 0.6 is 0 Å². The molecular weight excluding hydrogens is 162 g/mol. The molecule has 0 bridgehead atoms. The maximum atomic E-state index is 10.5. The van der Waals surface area contributed by atoms with Crippen LogP contribution in [-0.2, 0) is 9.59 Å². The second kappa shape index (κ2) is 3.53. The molecule has 5 heteroatoms. The van der Waals surface area contributed by atoms with Crippen molar-refractivity contribution in [3.63, 3.8) is 0 Å². The molecule has 0 spiro atoms. The van der Waals surface area contributed by atoms with Crippen molar-refractivity contribution in [2.45, 2.75) is 18.9 Å². The van der Waals surface area contributed by atoms with E-state index >= 15 is 0 Å². The first-order valence-electron chi connectivity index (χ1n) is 3.87. The third-order valence-corrected chi connectivity index (χ3v) is 2.17. The van der Waals surface area contributed by atoms with Gasteiger partial charge in [-0.15, -0.1) is 0 Å². The Labute approximate surface area is 69.4 Å². The molecule has 1 rings (SSSR count). The first-order valence-corrected chi connectivity index (χ1v) is 3.87. The minimum absolute atomic E-state index is 0.0743. The Morgan fingerprint density at radius 1 is 1.58 bits per heavy atom. The predicted molar refractivity (Wildman–Crippen MR) is 35.9 cm³/mol. The van der Waals surface area contributed by atoms with Crippen LogP contribution in [-0.4, -0.2) is 29.6 Å². The van der Waals surface area contributed by atoms with E-state index in [1.165, 1.54) is 0 Å². The van der Waals surface area contributed by atoms with Crippen LogP contribution in [0.4, 0.5) is 0 Å². The molecule has 0 saturated carbocycles. The molecule has 1 aliphatic rings. The van der Waals surface area contributed by atoms with Crippen LogP contribution in [0.1, 0.15) is 12.8 Å². The number of hydrogen-bond donors (Lipinski definition) is 2. The zero-order chi connectivity index (χ0) is 9.14. The Morgan fingerprint density at radius 3 is 2.75 bits per heavy atom. The Kier molecular flexibility index (Phi) is 2.65. The first-order chi connectivity index (χ1) is 5.61. The second-order valence-corrected chi connectivity index (χ2v) is 3.02. The van der Waals surface area contributed by atoms with Crippen LogP contribution in [0.25, 0.3) is 0 Å². The standard InChI is InChI=1S/C7H11NO4/c9-5(10)3-4-1-2-8-6(4)7(11)12/h4,6,8H,1-3H2,(H,9,10)(H,11,12)/t4-,6+/m1/s1. The molecule has 0 radical (unpaired) electrons. The summed E-state index contributed by atoms with van der Waals surface area (Å²) in [7, 11) is 0. The summed E-state index contributed by atoms with van der Waals surface area (Å²) in [5.41, 5.74) is 0. The molecule has 68 valence electrons. The van der Waals surface area contributed by atoms with Gasteiger partial charge in [0.05, 0.1) is 18.9 Å². The lowest BCUT2D eigenvalue weighted by Crippen LogP contribution is -2.90. The van der Waals surface area contributed by atoms with Crippen molar-refractivity contribution in [3.8, 4) is 0 Å². The summed E-state index contributed by atoms with van der Waals surface area (Å²) in [4.78, 5) is 20.8. The van der Waals surface area contributed by atoms with Crippen molar-refractivity contribution in [1.29, 1.82) is 0 Å². The number of nitrogens with two attached hydrogens (primary N) is 1. The van der Waals surface area contributed by atoms with Crippen LogP contribution in [0.15, 0.2) is 0 Å². The van der Waals surface area contributed by atoms with Gasteiger partial charge in [-0.25, -0.2) is 0 Å². The van der Waals surface area contributed by atoms with Gasteiger partial charge in [0.25, 0.3) is 0 Å². The van der Waals surface area contributed by atoms with Crippen LogP contribution in [0.5, 0.6) is 0 Å². The summed E-state index contributed by atoms with van der Waals surface area (Å²) in [6.07, 6.45) is 0.570. The lowest BCUT2D eigenvalue weighted by atomic mass is 9.97. The summed E-state index contributed by atoms with van der Waals surface area (Å²) in [5, 5.41) is 20.5.